The highest BCUT2D eigenvalue weighted by Gasteiger charge is 2.37. The van der Waals surface area contributed by atoms with E-state index >= 15 is 0 Å². The fourth-order valence-corrected chi connectivity index (χ4v) is 3.12. The summed E-state index contributed by atoms with van der Waals surface area (Å²) >= 11 is 5.25. The zero-order valence-electron chi connectivity index (χ0n) is 7.47. The molecule has 2 heterocycles. The maximum Gasteiger partial charge on any atom is 0.0973 e. The summed E-state index contributed by atoms with van der Waals surface area (Å²) in [6.07, 6.45) is 1.02. The molecule has 2 rings (SSSR count). The van der Waals surface area contributed by atoms with Gasteiger partial charge in [0.25, 0.3) is 0 Å². The first kappa shape index (κ1) is 9.65. The molecule has 1 aliphatic rings. The Labute approximate surface area is 90.4 Å². The quantitative estimate of drug-likeness (QED) is 0.900. The zero-order valence-corrected chi connectivity index (χ0v) is 9.87. The molecular weight excluding hydrogens is 250 g/mol. The van der Waals surface area contributed by atoms with Crippen molar-refractivity contribution in [3.05, 3.63) is 20.8 Å². The van der Waals surface area contributed by atoms with Crippen molar-refractivity contribution in [3.63, 3.8) is 0 Å². The van der Waals surface area contributed by atoms with Gasteiger partial charge in [0.15, 0.2) is 0 Å². The molecule has 0 unspecified atom stereocenters. The van der Waals surface area contributed by atoms with E-state index in [1.54, 1.807) is 18.4 Å². The monoisotopic (exact) mass is 261 g/mol. The van der Waals surface area contributed by atoms with E-state index in [4.69, 9.17) is 4.74 Å². The molecule has 1 fully saturated rings. The van der Waals surface area contributed by atoms with Crippen molar-refractivity contribution < 1.29 is 4.74 Å². The van der Waals surface area contributed by atoms with E-state index in [2.05, 4.69) is 33.4 Å². The lowest BCUT2D eigenvalue weighted by Crippen LogP contribution is -2.61. The lowest BCUT2D eigenvalue weighted by atomic mass is 9.92. The number of nitrogens with one attached hydrogen (secondary N) is 1. The fourth-order valence-electron chi connectivity index (χ4n) is 1.51. The molecule has 72 valence electrons. The second kappa shape index (κ2) is 3.69. The Morgan fingerprint density at radius 3 is 2.77 bits per heavy atom. The zero-order chi connectivity index (χ0) is 9.31. The van der Waals surface area contributed by atoms with E-state index < -0.39 is 0 Å². The molecule has 0 aromatic carbocycles. The van der Waals surface area contributed by atoms with Gasteiger partial charge in [0.2, 0.25) is 0 Å². The van der Waals surface area contributed by atoms with Crippen LogP contribution in [0.4, 0.5) is 0 Å². The third-order valence-corrected chi connectivity index (χ3v) is 4.08. The lowest BCUT2D eigenvalue weighted by Gasteiger charge is -2.41. The van der Waals surface area contributed by atoms with E-state index in [1.807, 2.05) is 0 Å². The Morgan fingerprint density at radius 1 is 1.62 bits per heavy atom. The van der Waals surface area contributed by atoms with Gasteiger partial charge in [-0.3, -0.25) is 0 Å². The summed E-state index contributed by atoms with van der Waals surface area (Å²) < 4.78 is 6.71. The van der Waals surface area contributed by atoms with Crippen LogP contribution >= 0.6 is 27.3 Å². The number of methoxy groups -OCH3 is 1. The summed E-state index contributed by atoms with van der Waals surface area (Å²) in [6, 6.07) is 4.25. The molecule has 1 N–H and O–H groups in total. The summed E-state index contributed by atoms with van der Waals surface area (Å²) in [5, 5.41) is 3.25. The Kier molecular flexibility index (Phi) is 2.74. The topological polar surface area (TPSA) is 21.3 Å². The molecule has 0 radical (unpaired) electrons. The minimum Gasteiger partial charge on any atom is -0.375 e. The van der Waals surface area contributed by atoms with Crippen LogP contribution in [0.5, 0.6) is 0 Å². The minimum atomic E-state index is 0.0598. The van der Waals surface area contributed by atoms with Gasteiger partial charge in [-0.15, -0.1) is 11.3 Å². The SMILES string of the molecule is COC1(Cc2ccc(Br)s2)CNC1. The van der Waals surface area contributed by atoms with Gasteiger partial charge in [-0.05, 0) is 28.1 Å². The molecule has 0 bridgehead atoms. The van der Waals surface area contributed by atoms with Crippen LogP contribution in [-0.2, 0) is 11.2 Å². The molecule has 1 aliphatic heterocycles. The second-order valence-electron chi connectivity index (χ2n) is 3.37. The highest BCUT2D eigenvalue weighted by Crippen LogP contribution is 2.28. The molecular formula is C9H12BrNOS. The average molecular weight is 262 g/mol. The first-order valence-electron chi connectivity index (χ1n) is 4.24. The maximum absolute atomic E-state index is 5.52. The van der Waals surface area contributed by atoms with E-state index in [0.29, 0.717) is 0 Å². The van der Waals surface area contributed by atoms with Crippen molar-refractivity contribution in [2.75, 3.05) is 20.2 Å². The third-order valence-electron chi connectivity index (χ3n) is 2.45. The fraction of sp³-hybridized carbons (Fsp3) is 0.556. The molecule has 0 aliphatic carbocycles. The Hall–Kier alpha value is 0.1000. The smallest absolute Gasteiger partial charge is 0.0973 e. The maximum atomic E-state index is 5.52. The molecule has 0 amide bonds. The van der Waals surface area contributed by atoms with Gasteiger partial charge in [0, 0.05) is 31.5 Å². The summed E-state index contributed by atoms with van der Waals surface area (Å²) in [4.78, 5) is 1.38. The van der Waals surface area contributed by atoms with Crippen LogP contribution in [0.2, 0.25) is 0 Å². The first-order valence-corrected chi connectivity index (χ1v) is 5.85. The van der Waals surface area contributed by atoms with Crippen LogP contribution < -0.4 is 5.32 Å². The number of halogens is 1. The van der Waals surface area contributed by atoms with Crippen molar-refractivity contribution in [3.8, 4) is 0 Å². The van der Waals surface area contributed by atoms with Crippen LogP contribution in [-0.4, -0.2) is 25.8 Å². The van der Waals surface area contributed by atoms with Gasteiger partial charge in [0.1, 0.15) is 0 Å². The van der Waals surface area contributed by atoms with Crippen LogP contribution in [0.15, 0.2) is 15.9 Å². The first-order chi connectivity index (χ1) is 6.24. The minimum absolute atomic E-state index is 0.0598. The van der Waals surface area contributed by atoms with Gasteiger partial charge in [-0.2, -0.15) is 0 Å². The van der Waals surface area contributed by atoms with Gasteiger partial charge in [0.05, 0.1) is 9.39 Å². The third kappa shape index (κ3) is 1.96. The Balaban J connectivity index is 2.04. The van der Waals surface area contributed by atoms with E-state index in [-0.39, 0.29) is 5.60 Å². The molecule has 1 aromatic heterocycles. The lowest BCUT2D eigenvalue weighted by molar-refractivity contribution is -0.0496. The van der Waals surface area contributed by atoms with Crippen LogP contribution in [0.1, 0.15) is 4.88 Å². The predicted molar refractivity (Wildman–Crippen MR) is 58.3 cm³/mol. The van der Waals surface area contributed by atoms with Crippen molar-refractivity contribution in [1.29, 1.82) is 0 Å². The molecule has 13 heavy (non-hydrogen) atoms. The van der Waals surface area contributed by atoms with Crippen molar-refractivity contribution in [2.45, 2.75) is 12.0 Å². The van der Waals surface area contributed by atoms with Gasteiger partial charge >= 0.3 is 0 Å². The molecule has 0 atom stereocenters. The van der Waals surface area contributed by atoms with Gasteiger partial charge in [-0.25, -0.2) is 0 Å². The van der Waals surface area contributed by atoms with Gasteiger partial charge in [-0.1, -0.05) is 0 Å². The van der Waals surface area contributed by atoms with Crippen molar-refractivity contribution in [2.24, 2.45) is 0 Å². The predicted octanol–water partition coefficient (Wildman–Crippen LogP) is 2.04. The largest absolute Gasteiger partial charge is 0.375 e. The second-order valence-corrected chi connectivity index (χ2v) is 5.92. The number of ether oxygens (including phenoxy) is 1. The van der Waals surface area contributed by atoms with Crippen molar-refractivity contribution in [1.82, 2.24) is 5.32 Å². The van der Waals surface area contributed by atoms with Crippen molar-refractivity contribution >= 4 is 27.3 Å². The highest BCUT2D eigenvalue weighted by molar-refractivity contribution is 9.11. The van der Waals surface area contributed by atoms with E-state index in [9.17, 15) is 0 Å². The van der Waals surface area contributed by atoms with Gasteiger partial charge < -0.3 is 10.1 Å². The molecule has 1 saturated heterocycles. The molecule has 2 nitrogen and oxygen atoms in total. The molecule has 1 aromatic rings. The number of rotatable bonds is 3. The number of hydrogen-bond donors (Lipinski definition) is 1. The molecule has 0 spiro atoms. The molecule has 0 saturated carbocycles. The Bertz CT molecular complexity index is 290. The summed E-state index contributed by atoms with van der Waals surface area (Å²) in [6.45, 7) is 1.94. The number of hydrogen-bond acceptors (Lipinski definition) is 3. The van der Waals surface area contributed by atoms with Crippen LogP contribution in [0.25, 0.3) is 0 Å². The summed E-state index contributed by atoms with van der Waals surface area (Å²) in [5.41, 5.74) is 0.0598. The van der Waals surface area contributed by atoms with E-state index in [0.717, 1.165) is 19.5 Å². The molecule has 4 heteroatoms. The summed E-state index contributed by atoms with van der Waals surface area (Å²) in [7, 11) is 1.80. The Morgan fingerprint density at radius 2 is 2.38 bits per heavy atom. The standard InChI is InChI=1S/C9H12BrNOS/c1-12-9(5-11-6-9)4-7-2-3-8(10)13-7/h2-3,11H,4-6H2,1H3. The normalized spacial score (nSPS) is 19.8. The van der Waals surface area contributed by atoms with Crippen LogP contribution in [0, 0.1) is 0 Å². The van der Waals surface area contributed by atoms with E-state index in [1.165, 1.54) is 8.66 Å². The van der Waals surface area contributed by atoms with Crippen LogP contribution in [0.3, 0.4) is 0 Å². The average Bonchev–Trinajstić information content (AvgIpc) is 2.44. The number of thiophene rings is 1. The highest BCUT2D eigenvalue weighted by atomic mass is 79.9. The summed E-state index contributed by atoms with van der Waals surface area (Å²) in [5.74, 6) is 0.